The molecule has 21 heavy (non-hydrogen) atoms. The highest BCUT2D eigenvalue weighted by molar-refractivity contribution is 5.31. The van der Waals surface area contributed by atoms with E-state index in [-0.39, 0.29) is 6.04 Å². The Kier molecular flexibility index (Phi) is 4.75. The molecule has 3 nitrogen and oxygen atoms in total. The average Bonchev–Trinajstić information content (AvgIpc) is 2.50. The SMILES string of the molecule is COc1ccc([C@H](C)NCc2cc(F)c(O)c(F)c2)cc1. The lowest BCUT2D eigenvalue weighted by Crippen LogP contribution is -2.18. The fourth-order valence-corrected chi connectivity index (χ4v) is 2.00. The minimum atomic E-state index is -0.955. The predicted octanol–water partition coefficient (Wildman–Crippen LogP) is 3.53. The molecule has 2 N–H and O–H groups in total. The summed E-state index contributed by atoms with van der Waals surface area (Å²) in [5.74, 6) is -2.08. The minimum absolute atomic E-state index is 0.0100. The van der Waals surface area contributed by atoms with E-state index in [2.05, 4.69) is 5.32 Å². The lowest BCUT2D eigenvalue weighted by atomic mass is 10.1. The van der Waals surface area contributed by atoms with Gasteiger partial charge in [0.25, 0.3) is 0 Å². The number of ether oxygens (including phenoxy) is 1. The minimum Gasteiger partial charge on any atom is -0.503 e. The second-order valence-electron chi connectivity index (χ2n) is 4.78. The Morgan fingerprint density at radius 1 is 1.14 bits per heavy atom. The number of hydrogen-bond donors (Lipinski definition) is 2. The Balaban J connectivity index is 2.01. The zero-order chi connectivity index (χ0) is 15.4. The van der Waals surface area contributed by atoms with E-state index in [4.69, 9.17) is 9.84 Å². The van der Waals surface area contributed by atoms with Crippen LogP contribution in [0.1, 0.15) is 24.1 Å². The number of rotatable bonds is 5. The van der Waals surface area contributed by atoms with E-state index in [1.807, 2.05) is 31.2 Å². The number of benzene rings is 2. The maximum absolute atomic E-state index is 13.2. The molecule has 0 aliphatic heterocycles. The van der Waals surface area contributed by atoms with Gasteiger partial charge in [0.05, 0.1) is 7.11 Å². The first-order valence-electron chi connectivity index (χ1n) is 6.55. The average molecular weight is 293 g/mol. The van der Waals surface area contributed by atoms with Gasteiger partial charge in [0, 0.05) is 12.6 Å². The van der Waals surface area contributed by atoms with Crippen molar-refractivity contribution in [1.82, 2.24) is 5.32 Å². The van der Waals surface area contributed by atoms with Crippen molar-refractivity contribution in [2.75, 3.05) is 7.11 Å². The third-order valence-corrected chi connectivity index (χ3v) is 3.30. The molecule has 2 rings (SSSR count). The number of nitrogens with one attached hydrogen (secondary N) is 1. The quantitative estimate of drug-likeness (QED) is 0.886. The van der Waals surface area contributed by atoms with Crippen LogP contribution in [0.5, 0.6) is 11.5 Å². The van der Waals surface area contributed by atoms with Gasteiger partial charge in [-0.25, -0.2) is 8.78 Å². The highest BCUT2D eigenvalue weighted by Crippen LogP contribution is 2.22. The van der Waals surface area contributed by atoms with Crippen LogP contribution in [-0.2, 0) is 6.54 Å². The van der Waals surface area contributed by atoms with Crippen LogP contribution in [0, 0.1) is 11.6 Å². The molecule has 0 aromatic heterocycles. The molecule has 0 heterocycles. The zero-order valence-electron chi connectivity index (χ0n) is 11.9. The molecule has 0 amide bonds. The third kappa shape index (κ3) is 3.70. The summed E-state index contributed by atoms with van der Waals surface area (Å²) in [6, 6.07) is 9.80. The van der Waals surface area contributed by atoms with Crippen LogP contribution in [0.4, 0.5) is 8.78 Å². The lowest BCUT2D eigenvalue weighted by Gasteiger charge is -2.15. The number of phenols is 1. The topological polar surface area (TPSA) is 41.5 Å². The standard InChI is InChI=1S/C16H17F2NO2/c1-10(12-3-5-13(21-2)6-4-12)19-9-11-7-14(17)16(20)15(18)8-11/h3-8,10,19-20H,9H2,1-2H3/t10-/m0/s1. The monoisotopic (exact) mass is 293 g/mol. The van der Waals surface area contributed by atoms with Gasteiger partial charge in [-0.1, -0.05) is 12.1 Å². The lowest BCUT2D eigenvalue weighted by molar-refractivity contribution is 0.394. The Bertz CT molecular complexity index is 591. The van der Waals surface area contributed by atoms with Crippen LogP contribution >= 0.6 is 0 Å². The maximum atomic E-state index is 13.2. The molecule has 2 aromatic rings. The largest absolute Gasteiger partial charge is 0.503 e. The molecular formula is C16H17F2NO2. The van der Waals surface area contributed by atoms with Crippen molar-refractivity contribution in [2.24, 2.45) is 0 Å². The number of phenolic OH excluding ortho intramolecular Hbond substituents is 1. The number of halogens is 2. The first kappa shape index (κ1) is 15.3. The van der Waals surface area contributed by atoms with Crippen molar-refractivity contribution in [1.29, 1.82) is 0 Å². The normalized spacial score (nSPS) is 12.2. The van der Waals surface area contributed by atoms with Crippen LogP contribution in [0.3, 0.4) is 0 Å². The van der Waals surface area contributed by atoms with Crippen LogP contribution in [0.25, 0.3) is 0 Å². The van der Waals surface area contributed by atoms with Gasteiger partial charge in [0.1, 0.15) is 5.75 Å². The predicted molar refractivity (Wildman–Crippen MR) is 76.3 cm³/mol. The first-order valence-corrected chi connectivity index (χ1v) is 6.55. The van der Waals surface area contributed by atoms with Crippen molar-refractivity contribution >= 4 is 0 Å². The van der Waals surface area contributed by atoms with E-state index in [1.54, 1.807) is 7.11 Å². The summed E-state index contributed by atoms with van der Waals surface area (Å²) in [5, 5.41) is 12.2. The van der Waals surface area contributed by atoms with Crippen molar-refractivity contribution in [3.05, 3.63) is 59.2 Å². The molecule has 0 radical (unpaired) electrons. The molecule has 0 spiro atoms. The highest BCUT2D eigenvalue weighted by atomic mass is 19.1. The number of hydrogen-bond acceptors (Lipinski definition) is 3. The molecule has 1 atom stereocenters. The van der Waals surface area contributed by atoms with Gasteiger partial charge >= 0.3 is 0 Å². The van der Waals surface area contributed by atoms with Gasteiger partial charge in [-0.05, 0) is 42.3 Å². The highest BCUT2D eigenvalue weighted by Gasteiger charge is 2.11. The maximum Gasteiger partial charge on any atom is 0.187 e. The van der Waals surface area contributed by atoms with E-state index in [0.717, 1.165) is 23.4 Å². The molecular weight excluding hydrogens is 276 g/mol. The summed E-state index contributed by atoms with van der Waals surface area (Å²) in [4.78, 5) is 0. The molecule has 2 aromatic carbocycles. The summed E-state index contributed by atoms with van der Waals surface area (Å²) >= 11 is 0. The molecule has 112 valence electrons. The molecule has 0 saturated heterocycles. The fourth-order valence-electron chi connectivity index (χ4n) is 2.00. The smallest absolute Gasteiger partial charge is 0.187 e. The Morgan fingerprint density at radius 2 is 1.71 bits per heavy atom. The van der Waals surface area contributed by atoms with Gasteiger partial charge < -0.3 is 15.2 Å². The first-order chi connectivity index (χ1) is 10.0. The van der Waals surface area contributed by atoms with Gasteiger partial charge in [0.2, 0.25) is 0 Å². The molecule has 0 aliphatic rings. The summed E-state index contributed by atoms with van der Waals surface area (Å²) in [7, 11) is 1.60. The van der Waals surface area contributed by atoms with Crippen LogP contribution < -0.4 is 10.1 Å². The Hall–Kier alpha value is -2.14. The summed E-state index contributed by atoms with van der Waals surface area (Å²) in [5.41, 5.74) is 1.47. The van der Waals surface area contributed by atoms with Gasteiger partial charge in [0.15, 0.2) is 17.4 Å². The summed E-state index contributed by atoms with van der Waals surface area (Å²) < 4.78 is 31.6. The van der Waals surface area contributed by atoms with Crippen LogP contribution in [-0.4, -0.2) is 12.2 Å². The van der Waals surface area contributed by atoms with Gasteiger partial charge in [-0.2, -0.15) is 0 Å². The van der Waals surface area contributed by atoms with Crippen LogP contribution in [0.2, 0.25) is 0 Å². The molecule has 0 bridgehead atoms. The molecule has 5 heteroatoms. The van der Waals surface area contributed by atoms with E-state index in [1.165, 1.54) is 0 Å². The van der Waals surface area contributed by atoms with Crippen molar-refractivity contribution in [3.8, 4) is 11.5 Å². The van der Waals surface area contributed by atoms with E-state index in [9.17, 15) is 8.78 Å². The Morgan fingerprint density at radius 3 is 2.24 bits per heavy atom. The fraction of sp³-hybridized carbons (Fsp3) is 0.250. The van der Waals surface area contributed by atoms with Crippen molar-refractivity contribution in [2.45, 2.75) is 19.5 Å². The van der Waals surface area contributed by atoms with E-state index >= 15 is 0 Å². The Labute approximate surface area is 122 Å². The second-order valence-corrected chi connectivity index (χ2v) is 4.78. The summed E-state index contributed by atoms with van der Waals surface area (Å²) in [6.07, 6.45) is 0. The molecule has 0 fully saturated rings. The van der Waals surface area contributed by atoms with E-state index < -0.39 is 17.4 Å². The molecule has 0 saturated carbocycles. The molecule has 0 aliphatic carbocycles. The van der Waals surface area contributed by atoms with Gasteiger partial charge in [-0.15, -0.1) is 0 Å². The molecule has 0 unspecified atom stereocenters. The van der Waals surface area contributed by atoms with Crippen molar-refractivity contribution in [3.63, 3.8) is 0 Å². The zero-order valence-corrected chi connectivity index (χ0v) is 11.9. The number of aromatic hydroxyl groups is 1. The third-order valence-electron chi connectivity index (χ3n) is 3.30. The second kappa shape index (κ2) is 6.54. The summed E-state index contributed by atoms with van der Waals surface area (Å²) in [6.45, 7) is 2.25. The number of methoxy groups -OCH3 is 1. The van der Waals surface area contributed by atoms with E-state index in [0.29, 0.717) is 12.1 Å². The van der Waals surface area contributed by atoms with Crippen molar-refractivity contribution < 1.29 is 18.6 Å². The van der Waals surface area contributed by atoms with Gasteiger partial charge in [-0.3, -0.25) is 0 Å². The van der Waals surface area contributed by atoms with Crippen LogP contribution in [0.15, 0.2) is 36.4 Å².